The van der Waals surface area contributed by atoms with Gasteiger partial charge in [0.2, 0.25) is 0 Å². The third-order valence-corrected chi connectivity index (χ3v) is 8.02. The van der Waals surface area contributed by atoms with Crippen molar-refractivity contribution < 1.29 is 49.9 Å². The predicted octanol–water partition coefficient (Wildman–Crippen LogP) is 6.05. The molecule has 2 aliphatic rings. The summed E-state index contributed by atoms with van der Waals surface area (Å²) < 4.78 is 73.3. The molecule has 4 rings (SSSR count). The molecule has 0 radical (unpaired) electrons. The molecule has 2 aromatic carbocycles. The maximum Gasteiger partial charge on any atom is 0.534 e. The van der Waals surface area contributed by atoms with Gasteiger partial charge in [-0.3, -0.25) is 9.59 Å². The van der Waals surface area contributed by atoms with Crippen LogP contribution in [0.4, 0.5) is 13.2 Å². The summed E-state index contributed by atoms with van der Waals surface area (Å²) in [4.78, 5) is 23.2. The average Bonchev–Trinajstić information content (AvgIpc) is 2.88. The minimum atomic E-state index is -5.69. The van der Waals surface area contributed by atoms with Crippen LogP contribution in [0, 0.1) is 0 Å². The zero-order valence-corrected chi connectivity index (χ0v) is 23.9. The van der Waals surface area contributed by atoms with Crippen LogP contribution in [0.15, 0.2) is 36.4 Å². The van der Waals surface area contributed by atoms with Gasteiger partial charge >= 0.3 is 27.6 Å². The number of esters is 2. The van der Waals surface area contributed by atoms with Crippen LogP contribution in [-0.4, -0.2) is 44.2 Å². The number of rotatable bonds is 8. The maximum atomic E-state index is 12.4. The fourth-order valence-electron chi connectivity index (χ4n) is 5.28. The van der Waals surface area contributed by atoms with Crippen molar-refractivity contribution in [1.82, 2.24) is 0 Å². The summed E-state index contributed by atoms with van der Waals surface area (Å²) in [6.45, 7) is 4.25. The van der Waals surface area contributed by atoms with Gasteiger partial charge in [-0.1, -0.05) is 12.1 Å². The molecule has 0 saturated heterocycles. The highest BCUT2D eigenvalue weighted by atomic mass is 32.2. The maximum absolute atomic E-state index is 12.4. The molecule has 12 heteroatoms. The van der Waals surface area contributed by atoms with Crippen LogP contribution in [-0.2, 0) is 42.0 Å². The highest BCUT2D eigenvalue weighted by Crippen LogP contribution is 2.38. The van der Waals surface area contributed by atoms with Gasteiger partial charge in [-0.15, -0.1) is 0 Å². The lowest BCUT2D eigenvalue weighted by Gasteiger charge is -2.25. The molecule has 0 fully saturated rings. The van der Waals surface area contributed by atoms with Crippen LogP contribution < -0.4 is 4.18 Å². The van der Waals surface area contributed by atoms with Crippen LogP contribution in [0.5, 0.6) is 11.5 Å². The van der Waals surface area contributed by atoms with Gasteiger partial charge in [-0.2, -0.15) is 21.6 Å². The van der Waals surface area contributed by atoms with E-state index in [2.05, 4.69) is 4.18 Å². The van der Waals surface area contributed by atoms with Crippen molar-refractivity contribution in [2.24, 2.45) is 0 Å². The summed E-state index contributed by atoms with van der Waals surface area (Å²) >= 11 is 0. The Morgan fingerprint density at radius 1 is 0.854 bits per heavy atom. The molecule has 0 amide bonds. The lowest BCUT2D eigenvalue weighted by Crippen LogP contribution is -2.28. The number of halogens is 3. The van der Waals surface area contributed by atoms with Crippen molar-refractivity contribution in [1.29, 1.82) is 0 Å². The average molecular weight is 601 g/mol. The van der Waals surface area contributed by atoms with Gasteiger partial charge in [0.25, 0.3) is 0 Å². The molecule has 0 bridgehead atoms. The number of hydrogen-bond acceptors (Lipinski definition) is 8. The van der Waals surface area contributed by atoms with Crippen molar-refractivity contribution >= 4 is 22.1 Å². The van der Waals surface area contributed by atoms with Crippen LogP contribution in [0.1, 0.15) is 86.5 Å². The Morgan fingerprint density at radius 2 is 1.34 bits per heavy atom. The Hall–Kier alpha value is -3.28. The summed E-state index contributed by atoms with van der Waals surface area (Å²) in [6.07, 6.45) is 5.80. The standard InChI is InChI=1S/C15H17F3O5S.C14H18O3/c1-2-22-14(19)9-11-5-3-4-10-8-12(6-7-13(10)11)23-24(20,21)15(16,17)18;1-2-17-14(16)9-11-5-3-4-10-8-12(15)6-7-13(10)11/h6-8,11H,2-5,9H2,1H3;6-8,11,15H,2-5,9H2,1H3. The van der Waals surface area contributed by atoms with E-state index in [4.69, 9.17) is 9.47 Å². The molecule has 2 aromatic rings. The molecule has 41 heavy (non-hydrogen) atoms. The molecule has 0 heterocycles. The van der Waals surface area contributed by atoms with Crippen molar-refractivity contribution in [3.8, 4) is 11.5 Å². The third kappa shape index (κ3) is 8.85. The summed E-state index contributed by atoms with van der Waals surface area (Å²) in [5, 5.41) is 9.45. The van der Waals surface area contributed by atoms with E-state index < -0.39 is 15.6 Å². The number of fused-ring (bicyclic) bond motifs is 2. The predicted molar refractivity (Wildman–Crippen MR) is 144 cm³/mol. The molecule has 226 valence electrons. The van der Waals surface area contributed by atoms with E-state index >= 15 is 0 Å². The van der Waals surface area contributed by atoms with Gasteiger partial charge in [-0.25, -0.2) is 0 Å². The molecule has 2 unspecified atom stereocenters. The molecule has 2 aliphatic carbocycles. The lowest BCUT2D eigenvalue weighted by atomic mass is 9.81. The van der Waals surface area contributed by atoms with Crippen LogP contribution >= 0.6 is 0 Å². The van der Waals surface area contributed by atoms with E-state index in [1.165, 1.54) is 29.3 Å². The number of carbonyl (C=O) groups excluding carboxylic acids is 2. The van der Waals surface area contributed by atoms with Gasteiger partial charge in [-0.05, 0) is 111 Å². The number of aromatic hydroxyl groups is 1. The fraction of sp³-hybridized carbons (Fsp3) is 0.517. The summed E-state index contributed by atoms with van der Waals surface area (Å²) in [7, 11) is -5.69. The smallest absolute Gasteiger partial charge is 0.508 e. The molecular formula is C29H35F3O8S. The second-order valence-electron chi connectivity index (χ2n) is 9.92. The van der Waals surface area contributed by atoms with E-state index in [1.807, 2.05) is 19.1 Å². The topological polar surface area (TPSA) is 116 Å². The van der Waals surface area contributed by atoms with Crippen molar-refractivity contribution in [3.05, 3.63) is 58.7 Å². The lowest BCUT2D eigenvalue weighted by molar-refractivity contribution is -0.144. The van der Waals surface area contributed by atoms with E-state index in [1.54, 1.807) is 13.0 Å². The van der Waals surface area contributed by atoms with Crippen LogP contribution in [0.3, 0.4) is 0 Å². The first-order chi connectivity index (χ1) is 19.3. The van der Waals surface area contributed by atoms with E-state index in [0.717, 1.165) is 37.7 Å². The summed E-state index contributed by atoms with van der Waals surface area (Å²) in [5.74, 6) is -0.392. The Morgan fingerprint density at radius 3 is 1.83 bits per heavy atom. The summed E-state index contributed by atoms with van der Waals surface area (Å²) in [5.41, 5.74) is -1.61. The van der Waals surface area contributed by atoms with Crippen molar-refractivity contribution in [2.75, 3.05) is 13.2 Å². The van der Waals surface area contributed by atoms with Crippen molar-refractivity contribution in [3.63, 3.8) is 0 Å². The van der Waals surface area contributed by atoms with Crippen molar-refractivity contribution in [2.45, 2.75) is 82.6 Å². The minimum Gasteiger partial charge on any atom is -0.508 e. The highest BCUT2D eigenvalue weighted by molar-refractivity contribution is 7.88. The fourth-order valence-corrected chi connectivity index (χ4v) is 5.74. The molecule has 8 nitrogen and oxygen atoms in total. The Balaban J connectivity index is 0.000000239. The second-order valence-corrected chi connectivity index (χ2v) is 11.5. The molecule has 0 aliphatic heterocycles. The molecule has 0 aromatic heterocycles. The number of benzene rings is 2. The SMILES string of the molecule is CCOC(=O)CC1CCCc2cc(O)ccc21.CCOC(=O)CC1CCCc2cc(OS(=O)(=O)C(F)(F)F)ccc21. The number of phenolic OH excluding ortho intramolecular Hbond substituents is 1. The number of carbonyl (C=O) groups is 2. The van der Waals surface area contributed by atoms with E-state index in [9.17, 15) is 36.3 Å². The first-order valence-corrected chi connectivity index (χ1v) is 15.0. The number of aryl methyl sites for hydroxylation is 2. The van der Waals surface area contributed by atoms with E-state index in [0.29, 0.717) is 30.8 Å². The quantitative estimate of drug-likeness (QED) is 0.221. The molecular weight excluding hydrogens is 565 g/mol. The highest BCUT2D eigenvalue weighted by Gasteiger charge is 2.48. The Bertz CT molecular complexity index is 1320. The number of alkyl halides is 3. The number of phenols is 1. The zero-order valence-electron chi connectivity index (χ0n) is 23.0. The first-order valence-electron chi connectivity index (χ1n) is 13.6. The van der Waals surface area contributed by atoms with Gasteiger partial charge in [0.1, 0.15) is 11.5 Å². The monoisotopic (exact) mass is 600 g/mol. The van der Waals surface area contributed by atoms with Crippen LogP contribution in [0.25, 0.3) is 0 Å². The molecule has 2 atom stereocenters. The Labute approximate surface area is 237 Å². The first kappa shape index (κ1) is 32.2. The molecule has 0 spiro atoms. The number of hydrogen-bond donors (Lipinski definition) is 1. The second kappa shape index (κ2) is 14.1. The normalized spacial score (nSPS) is 18.2. The largest absolute Gasteiger partial charge is 0.534 e. The van der Waals surface area contributed by atoms with Gasteiger partial charge in [0, 0.05) is 0 Å². The Kier molecular flexibility index (Phi) is 11.1. The molecule has 0 saturated carbocycles. The zero-order chi connectivity index (χ0) is 30.2. The summed E-state index contributed by atoms with van der Waals surface area (Å²) in [6, 6.07) is 9.42. The minimum absolute atomic E-state index is 0.0962. The number of ether oxygens (including phenoxy) is 2. The van der Waals surface area contributed by atoms with Gasteiger partial charge in [0.05, 0.1) is 26.1 Å². The van der Waals surface area contributed by atoms with Gasteiger partial charge < -0.3 is 18.8 Å². The molecule has 1 N–H and O–H groups in total. The third-order valence-electron chi connectivity index (χ3n) is 7.04. The van der Waals surface area contributed by atoms with Gasteiger partial charge in [0.15, 0.2) is 0 Å². The van der Waals surface area contributed by atoms with E-state index in [-0.39, 0.29) is 42.6 Å². The van der Waals surface area contributed by atoms with Crippen LogP contribution in [0.2, 0.25) is 0 Å².